The number of carbonyl (C=O) groups is 1. The topological polar surface area (TPSA) is 166 Å². The van der Waals surface area contributed by atoms with E-state index in [-0.39, 0.29) is 24.6 Å². The fourth-order valence-electron chi connectivity index (χ4n) is 9.12. The maximum atomic E-state index is 14.3. The van der Waals surface area contributed by atoms with Crippen LogP contribution in [0.3, 0.4) is 0 Å². The molecule has 3 saturated heterocycles. The summed E-state index contributed by atoms with van der Waals surface area (Å²) in [6, 6.07) is -0.0824. The third-order valence-electron chi connectivity index (χ3n) is 12.8. The van der Waals surface area contributed by atoms with Gasteiger partial charge in [-0.05, 0) is 87.8 Å². The van der Waals surface area contributed by atoms with E-state index in [2.05, 4.69) is 18.7 Å². The van der Waals surface area contributed by atoms with Crippen LogP contribution in [0.5, 0.6) is 0 Å². The van der Waals surface area contributed by atoms with Gasteiger partial charge in [0.2, 0.25) is 0 Å². The summed E-state index contributed by atoms with van der Waals surface area (Å²) in [6.07, 6.45) is -6.78. The second-order valence-electron chi connectivity index (χ2n) is 17.5. The number of likely N-dealkylation sites (N-methyl/N-ethyl adjacent to an activating group) is 1. The highest BCUT2D eigenvalue weighted by atomic mass is 16.7. The highest BCUT2D eigenvalue weighted by Gasteiger charge is 2.56. The van der Waals surface area contributed by atoms with Crippen LogP contribution in [0.1, 0.15) is 115 Å². The standard InChI is InChI=1S/C40H71NO12/c1-15-16-28-40(12,46)33(43)23(6)31-21(4)18-39(11,53-31)35(52-37-30(42)27(17-22(5)48-37)41(13)20(2)3)24(7)32(25(8)36(45)50-28)51-29-19-38(10,47-14)34(44)26(9)49-29/h20,22-30,32-35,37,42-44,46H,15-19H2,1-14H3/t22-,23-,24+,25-,26+,27+,28?,29?,30-,32+,33-,34?,35-,37?,38-,39-,40-/m1/s1. The summed E-state index contributed by atoms with van der Waals surface area (Å²) in [6.45, 7) is 22.4. The molecule has 0 aliphatic carbocycles. The summed E-state index contributed by atoms with van der Waals surface area (Å²) in [5.41, 5.74) is -3.01. The maximum absolute atomic E-state index is 14.3. The van der Waals surface area contributed by atoms with Gasteiger partial charge in [-0.2, -0.15) is 0 Å². The summed E-state index contributed by atoms with van der Waals surface area (Å²) in [5, 5.41) is 46.5. The Morgan fingerprint density at radius 2 is 1.62 bits per heavy atom. The van der Waals surface area contributed by atoms with Crippen LogP contribution < -0.4 is 0 Å². The van der Waals surface area contributed by atoms with Crippen molar-refractivity contribution in [2.24, 2.45) is 17.8 Å². The number of methoxy groups -OCH3 is 1. The summed E-state index contributed by atoms with van der Waals surface area (Å²) in [5.74, 6) is -2.31. The van der Waals surface area contributed by atoms with Crippen molar-refractivity contribution >= 4 is 5.97 Å². The van der Waals surface area contributed by atoms with E-state index in [1.165, 1.54) is 14.0 Å². The highest BCUT2D eigenvalue weighted by molar-refractivity contribution is 5.73. The number of carbonyl (C=O) groups excluding carboxylic acids is 1. The van der Waals surface area contributed by atoms with E-state index < -0.39 is 95.8 Å². The lowest BCUT2D eigenvalue weighted by molar-refractivity contribution is -0.317. The van der Waals surface area contributed by atoms with Crippen LogP contribution in [-0.2, 0) is 38.0 Å². The van der Waals surface area contributed by atoms with E-state index in [0.717, 1.165) is 5.57 Å². The minimum Gasteiger partial charge on any atom is -0.489 e. The zero-order chi connectivity index (χ0) is 40.0. The molecule has 4 aliphatic heterocycles. The van der Waals surface area contributed by atoms with Crippen LogP contribution in [0.25, 0.3) is 0 Å². The van der Waals surface area contributed by atoms with Crippen molar-refractivity contribution in [2.75, 3.05) is 14.2 Å². The predicted octanol–water partition coefficient (Wildman–Crippen LogP) is 4.06. The average molecular weight is 758 g/mol. The Hall–Kier alpha value is -1.39. The number of nitrogens with zero attached hydrogens (tertiary/aromatic N) is 1. The Labute approximate surface area is 317 Å². The number of aliphatic hydroxyl groups excluding tert-OH is 3. The van der Waals surface area contributed by atoms with Crippen LogP contribution in [-0.4, -0.2) is 136 Å². The molecule has 0 aromatic heterocycles. The van der Waals surface area contributed by atoms with Crippen LogP contribution in [0.15, 0.2) is 11.3 Å². The fourth-order valence-corrected chi connectivity index (χ4v) is 9.12. The van der Waals surface area contributed by atoms with Crippen LogP contribution in [0.2, 0.25) is 0 Å². The molecular weight excluding hydrogens is 686 g/mol. The molecule has 0 saturated carbocycles. The molecule has 13 nitrogen and oxygen atoms in total. The van der Waals surface area contributed by atoms with Crippen molar-refractivity contribution in [2.45, 2.75) is 205 Å². The number of hydrogen-bond donors (Lipinski definition) is 4. The van der Waals surface area contributed by atoms with Gasteiger partial charge in [-0.1, -0.05) is 27.2 Å². The summed E-state index contributed by atoms with van der Waals surface area (Å²) in [7, 11) is 3.52. The molecule has 0 spiro atoms. The molecule has 17 atom stereocenters. The molecule has 4 unspecified atom stereocenters. The van der Waals surface area contributed by atoms with Gasteiger partial charge in [0.15, 0.2) is 12.6 Å². The predicted molar refractivity (Wildman–Crippen MR) is 197 cm³/mol. The van der Waals surface area contributed by atoms with Gasteiger partial charge in [0.25, 0.3) is 0 Å². The van der Waals surface area contributed by atoms with Gasteiger partial charge in [-0.15, -0.1) is 0 Å². The molecule has 4 aliphatic rings. The first kappa shape index (κ1) is 44.3. The van der Waals surface area contributed by atoms with Crippen molar-refractivity contribution in [3.63, 3.8) is 0 Å². The Bertz CT molecular complexity index is 1280. The molecule has 13 heteroatoms. The molecule has 308 valence electrons. The van der Waals surface area contributed by atoms with E-state index in [0.29, 0.717) is 31.4 Å². The molecular formula is C40H71NO12. The van der Waals surface area contributed by atoms with E-state index >= 15 is 0 Å². The van der Waals surface area contributed by atoms with Crippen molar-refractivity contribution in [3.05, 3.63) is 11.3 Å². The summed E-state index contributed by atoms with van der Waals surface area (Å²) >= 11 is 0. The van der Waals surface area contributed by atoms with Crippen molar-refractivity contribution in [1.29, 1.82) is 0 Å². The van der Waals surface area contributed by atoms with Gasteiger partial charge in [-0.3, -0.25) is 9.69 Å². The normalized spacial score (nSPS) is 47.5. The lowest BCUT2D eigenvalue weighted by Gasteiger charge is -2.49. The second kappa shape index (κ2) is 17.0. The number of cyclic esters (lactones) is 1. The minimum atomic E-state index is -1.82. The quantitative estimate of drug-likeness (QED) is 0.249. The van der Waals surface area contributed by atoms with Crippen molar-refractivity contribution in [3.8, 4) is 0 Å². The van der Waals surface area contributed by atoms with Crippen molar-refractivity contribution in [1.82, 2.24) is 4.90 Å². The lowest BCUT2D eigenvalue weighted by Crippen LogP contribution is -2.61. The van der Waals surface area contributed by atoms with E-state index in [4.69, 9.17) is 33.2 Å². The Morgan fingerprint density at radius 1 is 0.981 bits per heavy atom. The second-order valence-corrected chi connectivity index (χ2v) is 17.5. The van der Waals surface area contributed by atoms with E-state index in [1.807, 2.05) is 41.7 Å². The third kappa shape index (κ3) is 8.95. The van der Waals surface area contributed by atoms with Crippen LogP contribution >= 0.6 is 0 Å². The zero-order valence-electron chi connectivity index (χ0n) is 34.7. The maximum Gasteiger partial charge on any atom is 0.311 e. The average Bonchev–Trinajstić information content (AvgIpc) is 3.41. The Kier molecular flexibility index (Phi) is 14.2. The Morgan fingerprint density at radius 3 is 2.21 bits per heavy atom. The van der Waals surface area contributed by atoms with Gasteiger partial charge < -0.3 is 53.6 Å². The molecule has 0 aromatic rings. The number of rotatable bonds is 9. The first-order valence-corrected chi connectivity index (χ1v) is 19.8. The van der Waals surface area contributed by atoms with Gasteiger partial charge in [-0.25, -0.2) is 0 Å². The molecule has 2 bridgehead atoms. The summed E-state index contributed by atoms with van der Waals surface area (Å²) < 4.78 is 45.1. The molecule has 0 radical (unpaired) electrons. The SMILES string of the molecule is CCCC1OC(=O)[C@H](C)[C@@H](OC2C[C@@](C)(OC)C(O)[C@H](C)O2)[C@H](C)[C@@H](OC2O[C@H](C)C[C@H](N(C)C(C)C)[C@H]2O)[C@@]2(C)CC(C)=C(O2)[C@@H](C)[C@@H](O)[C@]1(C)O. The molecule has 4 heterocycles. The largest absolute Gasteiger partial charge is 0.489 e. The fraction of sp³-hybridized carbons (Fsp3) is 0.925. The smallest absolute Gasteiger partial charge is 0.311 e. The van der Waals surface area contributed by atoms with Crippen LogP contribution in [0, 0.1) is 17.8 Å². The highest BCUT2D eigenvalue weighted by Crippen LogP contribution is 2.47. The number of aliphatic hydroxyl groups is 4. The molecule has 53 heavy (non-hydrogen) atoms. The monoisotopic (exact) mass is 757 g/mol. The molecule has 4 rings (SSSR count). The van der Waals surface area contributed by atoms with E-state index in [1.54, 1.807) is 27.7 Å². The van der Waals surface area contributed by atoms with Gasteiger partial charge in [0.05, 0.1) is 35.9 Å². The molecule has 0 aromatic carbocycles. The lowest BCUT2D eigenvalue weighted by atomic mass is 9.78. The number of fused-ring (bicyclic) bond motifs is 2. The first-order chi connectivity index (χ1) is 24.5. The van der Waals surface area contributed by atoms with Gasteiger partial charge >= 0.3 is 5.97 Å². The van der Waals surface area contributed by atoms with Gasteiger partial charge in [0, 0.05) is 43.9 Å². The number of esters is 1. The molecule has 4 N–H and O–H groups in total. The third-order valence-corrected chi connectivity index (χ3v) is 12.8. The summed E-state index contributed by atoms with van der Waals surface area (Å²) in [4.78, 5) is 16.4. The zero-order valence-corrected chi connectivity index (χ0v) is 34.7. The molecule has 0 amide bonds. The van der Waals surface area contributed by atoms with E-state index in [9.17, 15) is 25.2 Å². The molecule has 3 fully saturated rings. The van der Waals surface area contributed by atoms with Gasteiger partial charge in [0.1, 0.15) is 41.4 Å². The first-order valence-electron chi connectivity index (χ1n) is 19.8. The van der Waals surface area contributed by atoms with Crippen molar-refractivity contribution < 1.29 is 58.4 Å². The minimum absolute atomic E-state index is 0.162. The Balaban J connectivity index is 1.85. The van der Waals surface area contributed by atoms with Crippen LogP contribution in [0.4, 0.5) is 0 Å². The number of ether oxygens (including phenoxy) is 7. The number of hydrogen-bond acceptors (Lipinski definition) is 13.